The van der Waals surface area contributed by atoms with Gasteiger partial charge in [0.25, 0.3) is 5.91 Å². The van der Waals surface area contributed by atoms with Gasteiger partial charge in [-0.2, -0.15) is 0 Å². The highest BCUT2D eigenvalue weighted by Gasteiger charge is 2.29. The van der Waals surface area contributed by atoms with E-state index in [1.165, 1.54) is 24.6 Å². The predicted molar refractivity (Wildman–Crippen MR) is 127 cm³/mol. The minimum atomic E-state index is -1.18. The maximum absolute atomic E-state index is 12.6. The second kappa shape index (κ2) is 9.14. The summed E-state index contributed by atoms with van der Waals surface area (Å²) >= 11 is 0. The number of rotatable bonds is 6. The van der Waals surface area contributed by atoms with Crippen molar-refractivity contribution in [2.45, 2.75) is 5.92 Å². The summed E-state index contributed by atoms with van der Waals surface area (Å²) in [5, 5.41) is 14.1. The van der Waals surface area contributed by atoms with E-state index in [-0.39, 0.29) is 35.2 Å². The number of aromatic nitrogens is 1. The number of anilines is 2. The lowest BCUT2D eigenvalue weighted by Crippen LogP contribution is -2.20. The number of fused-ring (bicyclic) bond motifs is 3. The van der Waals surface area contributed by atoms with E-state index < -0.39 is 18.0 Å². The van der Waals surface area contributed by atoms with Crippen LogP contribution in [0.5, 0.6) is 0 Å². The Labute approximate surface area is 199 Å². The molecule has 0 bridgehead atoms. The van der Waals surface area contributed by atoms with Crippen molar-refractivity contribution in [3.8, 4) is 11.1 Å². The first kappa shape index (κ1) is 21.9. The molecule has 2 amide bonds. The zero-order valence-corrected chi connectivity index (χ0v) is 18.2. The Bertz CT molecular complexity index is 1400. The number of hydrogen-bond acceptors (Lipinski definition) is 6. The van der Waals surface area contributed by atoms with E-state index in [9.17, 15) is 14.4 Å². The molecular weight excluding hydrogens is 450 g/mol. The molecule has 0 aliphatic heterocycles. The van der Waals surface area contributed by atoms with Gasteiger partial charge in [-0.1, -0.05) is 48.5 Å². The van der Waals surface area contributed by atoms with Crippen LogP contribution in [0.4, 0.5) is 16.2 Å². The number of pyridine rings is 1. The van der Waals surface area contributed by atoms with Crippen molar-refractivity contribution in [3.05, 3.63) is 102 Å². The first-order valence-electron chi connectivity index (χ1n) is 10.7. The van der Waals surface area contributed by atoms with Crippen LogP contribution in [0.25, 0.3) is 11.1 Å². The van der Waals surface area contributed by atoms with Crippen molar-refractivity contribution in [1.82, 2.24) is 4.98 Å². The predicted octanol–water partition coefficient (Wildman–Crippen LogP) is 4.99. The zero-order chi connectivity index (χ0) is 24.4. The van der Waals surface area contributed by atoms with Crippen molar-refractivity contribution in [2.75, 3.05) is 17.2 Å². The van der Waals surface area contributed by atoms with Crippen LogP contribution in [0.15, 0.2) is 83.7 Å². The van der Waals surface area contributed by atoms with Gasteiger partial charge < -0.3 is 19.6 Å². The number of nitrogens with one attached hydrogen (secondary N) is 2. The molecule has 1 aliphatic rings. The topological polar surface area (TPSA) is 131 Å². The Kier molecular flexibility index (Phi) is 5.72. The second-order valence-corrected chi connectivity index (χ2v) is 7.84. The number of carboxylic acid groups (broad SMARTS) is 1. The van der Waals surface area contributed by atoms with Crippen molar-refractivity contribution in [1.29, 1.82) is 0 Å². The monoisotopic (exact) mass is 469 g/mol. The molecule has 0 fully saturated rings. The van der Waals surface area contributed by atoms with Crippen LogP contribution in [-0.2, 0) is 4.74 Å². The third-order valence-corrected chi connectivity index (χ3v) is 5.69. The number of ether oxygens (including phenoxy) is 1. The summed E-state index contributed by atoms with van der Waals surface area (Å²) in [7, 11) is 0. The van der Waals surface area contributed by atoms with Gasteiger partial charge in [0.2, 0.25) is 5.76 Å². The van der Waals surface area contributed by atoms with Crippen LogP contribution in [0.3, 0.4) is 0 Å². The maximum Gasteiger partial charge on any atom is 0.411 e. The van der Waals surface area contributed by atoms with E-state index in [0.29, 0.717) is 0 Å². The van der Waals surface area contributed by atoms with E-state index >= 15 is 0 Å². The normalized spacial score (nSPS) is 11.9. The molecule has 0 radical (unpaired) electrons. The molecule has 2 aromatic carbocycles. The largest absolute Gasteiger partial charge is 0.478 e. The molecule has 0 unspecified atom stereocenters. The van der Waals surface area contributed by atoms with E-state index in [1.807, 2.05) is 48.5 Å². The third-order valence-electron chi connectivity index (χ3n) is 5.69. The zero-order valence-electron chi connectivity index (χ0n) is 18.2. The molecular formula is C26H19N3O6. The molecule has 0 spiro atoms. The fraction of sp³-hybridized carbons (Fsp3) is 0.0769. The van der Waals surface area contributed by atoms with Crippen LogP contribution in [0.1, 0.15) is 38.0 Å². The molecule has 0 atom stereocenters. The molecule has 3 N–H and O–H groups in total. The van der Waals surface area contributed by atoms with Crippen molar-refractivity contribution in [3.63, 3.8) is 0 Å². The molecule has 5 rings (SSSR count). The minimum absolute atomic E-state index is 0.0840. The summed E-state index contributed by atoms with van der Waals surface area (Å²) in [6.07, 6.45) is 2.97. The van der Waals surface area contributed by atoms with Gasteiger partial charge in [-0.05, 0) is 28.3 Å². The molecule has 1 aliphatic carbocycles. The van der Waals surface area contributed by atoms with Gasteiger partial charge in [0, 0.05) is 18.2 Å². The number of carboxylic acids is 1. The molecule has 9 heteroatoms. The lowest BCUT2D eigenvalue weighted by molar-refractivity contribution is 0.0696. The Morgan fingerprint density at radius 2 is 1.63 bits per heavy atom. The summed E-state index contributed by atoms with van der Waals surface area (Å²) in [5.74, 6) is -2.13. The number of aromatic carboxylic acids is 1. The number of hydrogen-bond donors (Lipinski definition) is 3. The van der Waals surface area contributed by atoms with Gasteiger partial charge in [0.1, 0.15) is 6.61 Å². The highest BCUT2D eigenvalue weighted by Crippen LogP contribution is 2.44. The molecule has 2 heterocycles. The first-order chi connectivity index (χ1) is 17.0. The van der Waals surface area contributed by atoms with Crippen molar-refractivity contribution >= 4 is 29.3 Å². The van der Waals surface area contributed by atoms with Crippen LogP contribution < -0.4 is 10.6 Å². The van der Waals surface area contributed by atoms with Crippen LogP contribution in [0, 0.1) is 0 Å². The molecule has 174 valence electrons. The summed E-state index contributed by atoms with van der Waals surface area (Å²) in [5.41, 5.74) is 4.60. The van der Waals surface area contributed by atoms with Gasteiger partial charge >= 0.3 is 12.1 Å². The summed E-state index contributed by atoms with van der Waals surface area (Å²) < 4.78 is 10.7. The quantitative estimate of drug-likeness (QED) is 0.363. The maximum atomic E-state index is 12.6. The standard InChI is InChI=1S/C26H19N3O6/c30-24(28-16-11-15(25(31)32)12-27-13-16)23-22(9-10-34-23)29-26(33)35-14-21-19-7-3-1-5-17(19)18-6-2-4-8-20(18)21/h1-13,21H,14H2,(H,28,30)(H,29,33)(H,31,32). The number of amides is 2. The van der Waals surface area contributed by atoms with Crippen LogP contribution >= 0.6 is 0 Å². The molecule has 0 saturated heterocycles. The molecule has 9 nitrogen and oxygen atoms in total. The number of carbonyl (C=O) groups is 3. The Hall–Kier alpha value is -4.92. The van der Waals surface area contributed by atoms with Gasteiger partial charge in [-0.25, -0.2) is 9.59 Å². The van der Waals surface area contributed by atoms with Crippen molar-refractivity contribution in [2.24, 2.45) is 0 Å². The highest BCUT2D eigenvalue weighted by molar-refractivity contribution is 6.07. The Balaban J connectivity index is 1.25. The van der Waals surface area contributed by atoms with Gasteiger partial charge in [0.05, 0.1) is 29.4 Å². The molecule has 0 saturated carbocycles. The lowest BCUT2D eigenvalue weighted by atomic mass is 9.98. The lowest BCUT2D eigenvalue weighted by Gasteiger charge is -2.14. The van der Waals surface area contributed by atoms with E-state index in [4.69, 9.17) is 14.3 Å². The molecule has 35 heavy (non-hydrogen) atoms. The van der Waals surface area contributed by atoms with Crippen LogP contribution in [-0.4, -0.2) is 34.7 Å². The van der Waals surface area contributed by atoms with E-state index in [2.05, 4.69) is 15.6 Å². The first-order valence-corrected chi connectivity index (χ1v) is 10.7. The van der Waals surface area contributed by atoms with E-state index in [1.54, 1.807) is 0 Å². The second-order valence-electron chi connectivity index (χ2n) is 7.84. The summed E-state index contributed by atoms with van der Waals surface area (Å²) in [6.45, 7) is 0.118. The van der Waals surface area contributed by atoms with E-state index in [0.717, 1.165) is 28.5 Å². The molecule has 2 aromatic heterocycles. The number of nitrogens with zero attached hydrogens (tertiary/aromatic N) is 1. The average molecular weight is 469 g/mol. The smallest absolute Gasteiger partial charge is 0.411 e. The fourth-order valence-corrected chi connectivity index (χ4v) is 4.14. The number of carbonyl (C=O) groups excluding carboxylic acids is 2. The van der Waals surface area contributed by atoms with Gasteiger partial charge in [-0.15, -0.1) is 0 Å². The van der Waals surface area contributed by atoms with Gasteiger partial charge in [0.15, 0.2) is 0 Å². The fourth-order valence-electron chi connectivity index (χ4n) is 4.14. The molecule has 4 aromatic rings. The average Bonchev–Trinajstić information content (AvgIpc) is 3.45. The minimum Gasteiger partial charge on any atom is -0.478 e. The Morgan fingerprint density at radius 3 is 2.31 bits per heavy atom. The third kappa shape index (κ3) is 4.34. The summed E-state index contributed by atoms with van der Waals surface area (Å²) in [4.78, 5) is 40.1. The van der Waals surface area contributed by atoms with Crippen molar-refractivity contribution < 1.29 is 28.6 Å². The van der Waals surface area contributed by atoms with Gasteiger partial charge in [-0.3, -0.25) is 15.1 Å². The Morgan fingerprint density at radius 1 is 0.943 bits per heavy atom. The van der Waals surface area contributed by atoms with Crippen LogP contribution in [0.2, 0.25) is 0 Å². The number of furan rings is 1. The highest BCUT2D eigenvalue weighted by atomic mass is 16.5. The number of benzene rings is 2. The summed E-state index contributed by atoms with van der Waals surface area (Å²) in [6, 6.07) is 18.7. The SMILES string of the molecule is O=C(Nc1ccoc1C(=O)Nc1cncc(C(=O)O)c1)OCC1c2ccccc2-c2ccccc21.